The molecular weight excluding hydrogens is 335 g/mol. The van der Waals surface area contributed by atoms with Crippen molar-refractivity contribution in [3.63, 3.8) is 0 Å². The number of amides is 1. The Hall–Kier alpha value is -2.63. The quantitative estimate of drug-likeness (QED) is 0.825. The molecule has 2 aromatic rings. The number of piperidine rings is 1. The lowest BCUT2D eigenvalue weighted by Crippen LogP contribution is -2.43. The molecule has 1 saturated heterocycles. The maximum Gasteiger partial charge on any atom is 0.293 e. The Bertz CT molecular complexity index is 817. The predicted octanol–water partition coefficient (Wildman–Crippen LogP) is 2.48. The van der Waals surface area contributed by atoms with Crippen molar-refractivity contribution < 1.29 is 13.9 Å². The van der Waals surface area contributed by atoms with Crippen LogP contribution in [0.15, 0.2) is 47.4 Å². The summed E-state index contributed by atoms with van der Waals surface area (Å²) in [5, 5.41) is 0. The molecule has 0 radical (unpaired) electrons. The lowest BCUT2D eigenvalue weighted by atomic mass is 9.91. The number of methoxy groups -OCH3 is 1. The van der Waals surface area contributed by atoms with Gasteiger partial charge in [0.2, 0.25) is 5.91 Å². The van der Waals surface area contributed by atoms with E-state index in [0.717, 1.165) is 24.8 Å². The molecule has 1 atom stereocenters. The molecule has 3 rings (SSSR count). The first-order chi connectivity index (χ1) is 12.6. The van der Waals surface area contributed by atoms with Crippen molar-refractivity contribution in [3.8, 4) is 5.75 Å². The normalized spacial score (nSPS) is 17.2. The van der Waals surface area contributed by atoms with Crippen molar-refractivity contribution >= 4 is 5.91 Å². The van der Waals surface area contributed by atoms with Gasteiger partial charge < -0.3 is 14.2 Å². The molecule has 1 aromatic carbocycles. The van der Waals surface area contributed by atoms with Crippen LogP contribution in [0.5, 0.6) is 5.75 Å². The fourth-order valence-corrected chi connectivity index (χ4v) is 3.45. The van der Waals surface area contributed by atoms with E-state index in [0.29, 0.717) is 19.0 Å². The summed E-state index contributed by atoms with van der Waals surface area (Å²) < 4.78 is 19.4. The minimum absolute atomic E-state index is 0.0132. The fraction of sp³-hybridized carbons (Fsp3) is 0.400. The van der Waals surface area contributed by atoms with Gasteiger partial charge in [-0.25, -0.2) is 4.39 Å². The number of likely N-dealkylation sites (tertiary alicyclic amines) is 1. The molecule has 0 spiro atoms. The summed E-state index contributed by atoms with van der Waals surface area (Å²) in [5.41, 5.74) is 0.776. The summed E-state index contributed by atoms with van der Waals surface area (Å²) in [6, 6.07) is 9.81. The van der Waals surface area contributed by atoms with Gasteiger partial charge in [-0.1, -0.05) is 12.1 Å². The van der Waals surface area contributed by atoms with Crippen LogP contribution in [0.25, 0.3) is 0 Å². The molecular formula is C20H23FN2O3. The molecule has 1 aliphatic rings. The van der Waals surface area contributed by atoms with E-state index in [1.807, 2.05) is 4.90 Å². The van der Waals surface area contributed by atoms with Crippen LogP contribution in [0.2, 0.25) is 0 Å². The maximum absolute atomic E-state index is 13.0. The van der Waals surface area contributed by atoms with Crippen molar-refractivity contribution in [2.45, 2.75) is 25.8 Å². The standard InChI is InChI=1S/C20H23FN2O3/c1-26-18-5-3-11-23(20(18)25)14-19(24)22-10-2-4-16(13-22)12-15-6-8-17(21)9-7-15/h3,5-9,11,16H,2,4,10,12-14H2,1H3/t16-/m0/s1. The van der Waals surface area contributed by atoms with E-state index in [2.05, 4.69) is 0 Å². The van der Waals surface area contributed by atoms with Gasteiger partial charge in [0.15, 0.2) is 5.75 Å². The van der Waals surface area contributed by atoms with Gasteiger partial charge >= 0.3 is 0 Å². The number of pyridine rings is 1. The first-order valence-electron chi connectivity index (χ1n) is 8.82. The summed E-state index contributed by atoms with van der Waals surface area (Å²) in [4.78, 5) is 26.6. The number of nitrogens with zero attached hydrogens (tertiary/aromatic N) is 2. The van der Waals surface area contributed by atoms with Crippen LogP contribution >= 0.6 is 0 Å². The van der Waals surface area contributed by atoms with Crippen LogP contribution < -0.4 is 10.3 Å². The molecule has 138 valence electrons. The van der Waals surface area contributed by atoms with Gasteiger partial charge in [0.1, 0.15) is 12.4 Å². The number of carbonyl (C=O) groups is 1. The summed E-state index contributed by atoms with van der Waals surface area (Å²) in [6.07, 6.45) is 4.40. The molecule has 2 heterocycles. The second kappa shape index (κ2) is 8.17. The first-order valence-corrected chi connectivity index (χ1v) is 8.82. The Morgan fingerprint density at radius 1 is 1.27 bits per heavy atom. The van der Waals surface area contributed by atoms with Crippen LogP contribution in [-0.4, -0.2) is 35.6 Å². The second-order valence-electron chi connectivity index (χ2n) is 6.69. The molecule has 1 fully saturated rings. The van der Waals surface area contributed by atoms with Gasteiger partial charge in [-0.3, -0.25) is 9.59 Å². The SMILES string of the molecule is COc1cccn(CC(=O)N2CCC[C@@H](Cc3ccc(F)cc3)C2)c1=O. The van der Waals surface area contributed by atoms with E-state index in [1.165, 1.54) is 23.8 Å². The van der Waals surface area contributed by atoms with E-state index < -0.39 is 0 Å². The molecule has 5 nitrogen and oxygen atoms in total. The van der Waals surface area contributed by atoms with Crippen molar-refractivity contribution in [2.24, 2.45) is 5.92 Å². The van der Waals surface area contributed by atoms with Crippen molar-refractivity contribution in [1.29, 1.82) is 0 Å². The number of rotatable bonds is 5. The highest BCUT2D eigenvalue weighted by Crippen LogP contribution is 2.21. The maximum atomic E-state index is 13.0. The molecule has 6 heteroatoms. The summed E-state index contributed by atoms with van der Waals surface area (Å²) in [5.74, 6) is 0.274. The number of aromatic nitrogens is 1. The lowest BCUT2D eigenvalue weighted by molar-refractivity contribution is -0.133. The van der Waals surface area contributed by atoms with Crippen LogP contribution in [0, 0.1) is 11.7 Å². The van der Waals surface area contributed by atoms with E-state index >= 15 is 0 Å². The van der Waals surface area contributed by atoms with Gasteiger partial charge in [0.05, 0.1) is 7.11 Å². The van der Waals surface area contributed by atoms with Crippen molar-refractivity contribution in [3.05, 3.63) is 64.3 Å². The summed E-state index contributed by atoms with van der Waals surface area (Å²) >= 11 is 0. The minimum atomic E-state index is -0.303. The third-order valence-electron chi connectivity index (χ3n) is 4.82. The van der Waals surface area contributed by atoms with Crippen LogP contribution in [0.3, 0.4) is 0 Å². The average molecular weight is 358 g/mol. The fourth-order valence-electron chi connectivity index (χ4n) is 3.45. The molecule has 1 amide bonds. The zero-order valence-corrected chi connectivity index (χ0v) is 14.9. The highest BCUT2D eigenvalue weighted by Gasteiger charge is 2.24. The minimum Gasteiger partial charge on any atom is -0.491 e. The number of hydrogen-bond donors (Lipinski definition) is 0. The Morgan fingerprint density at radius 2 is 2.04 bits per heavy atom. The molecule has 0 saturated carbocycles. The van der Waals surface area contributed by atoms with Gasteiger partial charge in [-0.05, 0) is 55.0 Å². The third-order valence-corrected chi connectivity index (χ3v) is 4.82. The Kier molecular flexibility index (Phi) is 5.71. The van der Waals surface area contributed by atoms with Gasteiger partial charge in [0.25, 0.3) is 5.56 Å². The van der Waals surface area contributed by atoms with Gasteiger partial charge in [-0.15, -0.1) is 0 Å². The predicted molar refractivity (Wildman–Crippen MR) is 96.7 cm³/mol. The van der Waals surface area contributed by atoms with Crippen molar-refractivity contribution in [1.82, 2.24) is 9.47 Å². The largest absolute Gasteiger partial charge is 0.491 e. The lowest BCUT2D eigenvalue weighted by Gasteiger charge is -2.33. The van der Waals surface area contributed by atoms with Crippen LogP contribution in [0.1, 0.15) is 18.4 Å². The number of ether oxygens (including phenoxy) is 1. The Balaban J connectivity index is 1.63. The molecule has 1 aromatic heterocycles. The molecule has 0 bridgehead atoms. The van der Waals surface area contributed by atoms with E-state index in [4.69, 9.17) is 4.74 Å². The highest BCUT2D eigenvalue weighted by molar-refractivity contribution is 5.76. The number of hydrogen-bond acceptors (Lipinski definition) is 3. The average Bonchev–Trinajstić information content (AvgIpc) is 2.65. The van der Waals surface area contributed by atoms with Gasteiger partial charge in [0, 0.05) is 19.3 Å². The van der Waals surface area contributed by atoms with E-state index in [9.17, 15) is 14.0 Å². The Labute approximate surface area is 152 Å². The van der Waals surface area contributed by atoms with Gasteiger partial charge in [-0.2, -0.15) is 0 Å². The van der Waals surface area contributed by atoms with Crippen molar-refractivity contribution in [2.75, 3.05) is 20.2 Å². The van der Waals surface area contributed by atoms with Crippen LogP contribution in [-0.2, 0) is 17.8 Å². The number of halogens is 1. The number of carbonyl (C=O) groups excluding carboxylic acids is 1. The monoisotopic (exact) mass is 358 g/mol. The molecule has 0 N–H and O–H groups in total. The van der Waals surface area contributed by atoms with E-state index in [1.54, 1.807) is 30.5 Å². The summed E-state index contributed by atoms with van der Waals surface area (Å²) in [7, 11) is 1.44. The molecule has 1 aliphatic heterocycles. The third kappa shape index (κ3) is 4.31. The van der Waals surface area contributed by atoms with E-state index in [-0.39, 0.29) is 29.6 Å². The topological polar surface area (TPSA) is 51.5 Å². The van der Waals surface area contributed by atoms with Crippen LogP contribution in [0.4, 0.5) is 4.39 Å². The Morgan fingerprint density at radius 3 is 2.77 bits per heavy atom. The summed E-state index contributed by atoms with van der Waals surface area (Å²) in [6.45, 7) is 1.38. The molecule has 0 aliphatic carbocycles. The smallest absolute Gasteiger partial charge is 0.293 e. The molecule has 0 unspecified atom stereocenters. The molecule has 26 heavy (non-hydrogen) atoms. The zero-order valence-electron chi connectivity index (χ0n) is 14.9. The highest BCUT2D eigenvalue weighted by atomic mass is 19.1. The zero-order chi connectivity index (χ0) is 18.5. The first kappa shape index (κ1) is 18.2. The number of benzene rings is 1. The second-order valence-corrected chi connectivity index (χ2v) is 6.69.